The van der Waals surface area contributed by atoms with E-state index in [0.717, 1.165) is 11.1 Å². The van der Waals surface area contributed by atoms with Gasteiger partial charge in [0.15, 0.2) is 0 Å². The number of aromatic nitrogens is 3. The van der Waals surface area contributed by atoms with Crippen molar-refractivity contribution in [1.29, 1.82) is 0 Å². The molecule has 9 heteroatoms. The van der Waals surface area contributed by atoms with E-state index < -0.39 is 5.79 Å². The molecule has 0 saturated carbocycles. The van der Waals surface area contributed by atoms with Gasteiger partial charge in [0.1, 0.15) is 36.4 Å². The molecule has 7 nitrogen and oxygen atoms in total. The summed E-state index contributed by atoms with van der Waals surface area (Å²) in [5.74, 6) is 1.06. The van der Waals surface area contributed by atoms with E-state index in [4.69, 9.17) is 37.4 Å². The summed E-state index contributed by atoms with van der Waals surface area (Å²) in [5.41, 5.74) is 2.84. The molecule has 2 unspecified atom stereocenters. The van der Waals surface area contributed by atoms with Crippen LogP contribution >= 0.6 is 23.2 Å². The van der Waals surface area contributed by atoms with Crippen LogP contribution in [0.15, 0.2) is 73.3 Å². The lowest BCUT2D eigenvalue weighted by atomic mass is 10.0. The van der Waals surface area contributed by atoms with Gasteiger partial charge in [-0.1, -0.05) is 49.2 Å². The van der Waals surface area contributed by atoms with Gasteiger partial charge in [-0.3, -0.25) is 0 Å². The van der Waals surface area contributed by atoms with Crippen molar-refractivity contribution in [2.75, 3.05) is 6.61 Å². The van der Waals surface area contributed by atoms with Crippen LogP contribution < -0.4 is 4.74 Å². The summed E-state index contributed by atoms with van der Waals surface area (Å²) in [6.07, 6.45) is 3.02. The minimum atomic E-state index is -1.02. The van der Waals surface area contributed by atoms with Crippen LogP contribution in [0.25, 0.3) is 0 Å². The lowest BCUT2D eigenvalue weighted by Gasteiger charge is -2.29. The van der Waals surface area contributed by atoms with Crippen molar-refractivity contribution in [1.82, 2.24) is 14.8 Å². The molecule has 1 fully saturated rings. The minimum absolute atomic E-state index is 0.0606. The van der Waals surface area contributed by atoms with Crippen molar-refractivity contribution in [3.05, 3.63) is 100 Å². The van der Waals surface area contributed by atoms with E-state index in [1.54, 1.807) is 47.4 Å². The highest BCUT2D eigenvalue weighted by Gasteiger charge is 2.44. The van der Waals surface area contributed by atoms with Crippen LogP contribution in [0.5, 0.6) is 17.2 Å². The average Bonchev–Trinajstić information content (AvgIpc) is 3.51. The summed E-state index contributed by atoms with van der Waals surface area (Å²) in [6, 6.07) is 18.3. The number of nitrogens with zero attached hydrogens (tertiary/aromatic N) is 3. The van der Waals surface area contributed by atoms with Gasteiger partial charge in [-0.2, -0.15) is 5.10 Å². The number of aromatic hydroxyl groups is 1. The third-order valence-corrected chi connectivity index (χ3v) is 6.55. The van der Waals surface area contributed by atoms with Gasteiger partial charge in [-0.05, 0) is 79.4 Å². The Morgan fingerprint density at radius 2 is 1.82 bits per heavy atom. The van der Waals surface area contributed by atoms with Gasteiger partial charge in [-0.15, -0.1) is 0 Å². The lowest BCUT2D eigenvalue weighted by Crippen LogP contribution is -2.34. The van der Waals surface area contributed by atoms with Crippen LogP contribution in [-0.4, -0.2) is 32.6 Å². The molecule has 1 aromatic heterocycles. The van der Waals surface area contributed by atoms with E-state index in [0.29, 0.717) is 51.9 Å². The normalized spacial score (nSPS) is 18.8. The third-order valence-electron chi connectivity index (χ3n) is 5.99. The topological polar surface area (TPSA) is 78.6 Å². The molecule has 0 amide bonds. The molecule has 200 valence electrons. The number of hydrogen-bond acceptors (Lipinski definition) is 6. The number of hydrogen-bond donors (Lipinski definition) is 1. The predicted molar refractivity (Wildman–Crippen MR) is 148 cm³/mol. The summed E-state index contributed by atoms with van der Waals surface area (Å²) >= 11 is 12.5. The predicted octanol–water partition coefficient (Wildman–Crippen LogP) is 7.49. The fourth-order valence-electron chi connectivity index (χ4n) is 4.13. The first-order chi connectivity index (χ1) is 18.1. The molecule has 0 bridgehead atoms. The van der Waals surface area contributed by atoms with Crippen LogP contribution in [-0.2, 0) is 21.8 Å². The fraction of sp³-hybridized carbons (Fsp3) is 0.310. The first-order valence-electron chi connectivity index (χ1n) is 12.3. The Labute approximate surface area is 232 Å². The first-order valence-corrected chi connectivity index (χ1v) is 13.1. The Bertz CT molecular complexity index is 1350. The van der Waals surface area contributed by atoms with E-state index >= 15 is 0 Å². The third kappa shape index (κ3) is 6.85. The van der Waals surface area contributed by atoms with Gasteiger partial charge in [0.25, 0.3) is 0 Å². The molecule has 1 aliphatic rings. The zero-order chi connectivity index (χ0) is 27.3. The first kappa shape index (κ1) is 27.9. The van der Waals surface area contributed by atoms with Crippen molar-refractivity contribution >= 4 is 23.2 Å². The molecule has 2 atom stereocenters. The second-order valence-electron chi connectivity index (χ2n) is 9.50. The highest BCUT2D eigenvalue weighted by atomic mass is 35.5. The molecule has 1 N–H and O–H groups in total. The lowest BCUT2D eigenvalue weighted by molar-refractivity contribution is -0.186. The number of halogens is 2. The molecule has 2 heterocycles. The molecule has 4 aromatic rings. The summed E-state index contributed by atoms with van der Waals surface area (Å²) in [4.78, 5) is 3.98. The number of aryl methyl sites for hydroxylation is 1. The van der Waals surface area contributed by atoms with E-state index in [-0.39, 0.29) is 6.10 Å². The van der Waals surface area contributed by atoms with E-state index in [1.807, 2.05) is 38.1 Å². The maximum atomic E-state index is 9.46. The molecule has 3 aromatic carbocycles. The standard InChI is InChI=1S/C19H17Cl2N3O3.C10H14O/c1-13-9-25-19(27-13,10-24-12-22-11-23-24)17-7-6-16(8-18(17)21)26-15-4-2-14(20)3-5-15;1-7(2)9-5-4-8(3)6-10(9)11/h2-8,11-13H,9-10H2,1H3;4-7,11H,1-3H3. The summed E-state index contributed by atoms with van der Waals surface area (Å²) < 4.78 is 19.6. The van der Waals surface area contributed by atoms with Crippen molar-refractivity contribution in [2.45, 2.75) is 52.0 Å². The van der Waals surface area contributed by atoms with Gasteiger partial charge in [0, 0.05) is 10.6 Å². The van der Waals surface area contributed by atoms with E-state index in [1.165, 1.54) is 6.33 Å². The number of phenols is 1. The molecule has 38 heavy (non-hydrogen) atoms. The number of rotatable bonds is 6. The smallest absolute Gasteiger partial charge is 0.217 e. The zero-order valence-corrected chi connectivity index (χ0v) is 23.3. The van der Waals surface area contributed by atoms with Gasteiger partial charge in [0.05, 0.1) is 17.7 Å². The maximum absolute atomic E-state index is 9.46. The van der Waals surface area contributed by atoms with E-state index in [9.17, 15) is 5.11 Å². The minimum Gasteiger partial charge on any atom is -0.508 e. The second kappa shape index (κ2) is 12.2. The molecule has 1 aliphatic heterocycles. The molecule has 0 radical (unpaired) electrons. The number of ether oxygens (including phenoxy) is 3. The molecule has 5 rings (SSSR count). The zero-order valence-electron chi connectivity index (χ0n) is 21.8. The molecular weight excluding hydrogens is 525 g/mol. The fourth-order valence-corrected chi connectivity index (χ4v) is 4.57. The Balaban J connectivity index is 0.000000257. The SMILES string of the molecule is CC1COC(Cn2cncn2)(c2ccc(Oc3ccc(Cl)cc3)cc2Cl)O1.Cc1ccc(C(C)C)c(O)c1. The number of benzene rings is 3. The monoisotopic (exact) mass is 555 g/mol. The van der Waals surface area contributed by atoms with Crippen LogP contribution in [0.2, 0.25) is 10.0 Å². The van der Waals surface area contributed by atoms with Gasteiger partial charge >= 0.3 is 0 Å². The van der Waals surface area contributed by atoms with Gasteiger partial charge in [-0.25, -0.2) is 9.67 Å². The summed E-state index contributed by atoms with van der Waals surface area (Å²) in [5, 5.41) is 14.7. The summed E-state index contributed by atoms with van der Waals surface area (Å²) in [7, 11) is 0. The van der Waals surface area contributed by atoms with Gasteiger partial charge in [0.2, 0.25) is 5.79 Å². The van der Waals surface area contributed by atoms with Crippen molar-refractivity contribution < 1.29 is 19.3 Å². The average molecular weight is 556 g/mol. The van der Waals surface area contributed by atoms with Gasteiger partial charge < -0.3 is 19.3 Å². The Morgan fingerprint density at radius 3 is 2.39 bits per heavy atom. The van der Waals surface area contributed by atoms with Crippen molar-refractivity contribution in [2.24, 2.45) is 0 Å². The van der Waals surface area contributed by atoms with Crippen LogP contribution in [0.1, 0.15) is 43.4 Å². The Kier molecular flexibility index (Phi) is 8.95. The highest BCUT2D eigenvalue weighted by molar-refractivity contribution is 6.31. The van der Waals surface area contributed by atoms with E-state index in [2.05, 4.69) is 23.9 Å². The second-order valence-corrected chi connectivity index (χ2v) is 10.3. The van der Waals surface area contributed by atoms with Crippen LogP contribution in [0.4, 0.5) is 0 Å². The number of phenolic OH excluding ortho intramolecular Hbond substituents is 1. The quantitative estimate of drug-likeness (QED) is 0.265. The maximum Gasteiger partial charge on any atom is 0.217 e. The van der Waals surface area contributed by atoms with Crippen LogP contribution in [0.3, 0.4) is 0 Å². The summed E-state index contributed by atoms with van der Waals surface area (Å²) in [6.45, 7) is 8.89. The Morgan fingerprint density at radius 1 is 1.08 bits per heavy atom. The molecule has 0 aliphatic carbocycles. The van der Waals surface area contributed by atoms with Crippen molar-refractivity contribution in [3.63, 3.8) is 0 Å². The molecular formula is C29H31Cl2N3O4. The van der Waals surface area contributed by atoms with Crippen molar-refractivity contribution in [3.8, 4) is 17.2 Å². The largest absolute Gasteiger partial charge is 0.508 e. The highest BCUT2D eigenvalue weighted by Crippen LogP contribution is 2.41. The molecule has 0 spiro atoms. The molecule has 1 saturated heterocycles. The Hall–Kier alpha value is -3.10. The van der Waals surface area contributed by atoms with Crippen LogP contribution in [0, 0.1) is 6.92 Å².